The number of hydrogen-bond donors (Lipinski definition) is 1. The third kappa shape index (κ3) is 4.01. The first-order chi connectivity index (χ1) is 13.6. The van der Waals surface area contributed by atoms with Crippen LogP contribution in [0, 0.1) is 17.1 Å². The van der Waals surface area contributed by atoms with Crippen molar-refractivity contribution in [3.63, 3.8) is 0 Å². The van der Waals surface area contributed by atoms with Gasteiger partial charge in [-0.15, -0.1) is 0 Å². The summed E-state index contributed by atoms with van der Waals surface area (Å²) in [5.74, 6) is -0.0609. The van der Waals surface area contributed by atoms with Gasteiger partial charge in [-0.1, -0.05) is 44.4 Å². The van der Waals surface area contributed by atoms with Crippen LogP contribution in [0.1, 0.15) is 56.6 Å². The topological polar surface area (TPSA) is 62.1 Å². The number of nitrogens with zero attached hydrogens (tertiary/aromatic N) is 1. The standard InChI is InChI=1S/C23H25FN2O2/c1-2-3-14-28-21-11-10-18(15-17(21)16-25)26-22(27)23(12-6-7-13-23)19-8-4-5-9-20(19)24/h4-5,8-11,15H,2-3,6-7,12-14H2,1H3,(H,26,27). The van der Waals surface area contributed by atoms with E-state index in [1.54, 1.807) is 36.4 Å². The molecule has 146 valence electrons. The first-order valence-corrected chi connectivity index (χ1v) is 9.84. The van der Waals surface area contributed by atoms with Crippen molar-refractivity contribution in [2.24, 2.45) is 0 Å². The van der Waals surface area contributed by atoms with Crippen LogP contribution in [-0.4, -0.2) is 12.5 Å². The first-order valence-electron chi connectivity index (χ1n) is 9.84. The second kappa shape index (κ2) is 8.88. The van der Waals surface area contributed by atoms with Crippen LogP contribution in [0.25, 0.3) is 0 Å². The van der Waals surface area contributed by atoms with E-state index in [1.807, 2.05) is 0 Å². The molecule has 0 bridgehead atoms. The van der Waals surface area contributed by atoms with Crippen LogP contribution in [0.3, 0.4) is 0 Å². The van der Waals surface area contributed by atoms with E-state index < -0.39 is 5.41 Å². The summed E-state index contributed by atoms with van der Waals surface area (Å²) in [6.07, 6.45) is 4.92. The van der Waals surface area contributed by atoms with Gasteiger partial charge in [0.2, 0.25) is 5.91 Å². The van der Waals surface area contributed by atoms with Gasteiger partial charge in [0.05, 0.1) is 17.6 Å². The second-order valence-corrected chi connectivity index (χ2v) is 7.25. The Labute approximate surface area is 165 Å². The van der Waals surface area contributed by atoms with Crippen molar-refractivity contribution in [3.8, 4) is 11.8 Å². The molecule has 0 atom stereocenters. The van der Waals surface area contributed by atoms with Crippen molar-refractivity contribution in [1.29, 1.82) is 5.26 Å². The smallest absolute Gasteiger partial charge is 0.235 e. The summed E-state index contributed by atoms with van der Waals surface area (Å²) in [4.78, 5) is 13.2. The number of carbonyl (C=O) groups is 1. The third-order valence-corrected chi connectivity index (χ3v) is 5.39. The molecule has 0 aromatic heterocycles. The lowest BCUT2D eigenvalue weighted by Crippen LogP contribution is -2.38. The van der Waals surface area contributed by atoms with E-state index in [-0.39, 0.29) is 11.7 Å². The molecule has 0 aliphatic heterocycles. The Hall–Kier alpha value is -2.87. The zero-order chi connectivity index (χ0) is 20.0. The molecule has 0 saturated heterocycles. The summed E-state index contributed by atoms with van der Waals surface area (Å²) in [6.45, 7) is 2.62. The van der Waals surface area contributed by atoms with Crippen molar-refractivity contribution < 1.29 is 13.9 Å². The molecule has 1 fully saturated rings. The Morgan fingerprint density at radius 1 is 1.25 bits per heavy atom. The summed E-state index contributed by atoms with van der Waals surface area (Å²) in [7, 11) is 0. The minimum absolute atomic E-state index is 0.223. The molecule has 1 saturated carbocycles. The number of carbonyl (C=O) groups excluding carboxylic acids is 1. The SMILES string of the molecule is CCCCOc1ccc(NC(=O)C2(c3ccccc3F)CCCC2)cc1C#N. The lowest BCUT2D eigenvalue weighted by molar-refractivity contribution is -0.121. The number of nitrogens with one attached hydrogen (secondary N) is 1. The highest BCUT2D eigenvalue weighted by Crippen LogP contribution is 2.43. The minimum atomic E-state index is -0.867. The molecule has 0 heterocycles. The zero-order valence-corrected chi connectivity index (χ0v) is 16.1. The lowest BCUT2D eigenvalue weighted by Gasteiger charge is -2.28. The number of ether oxygens (including phenoxy) is 1. The number of rotatable bonds is 7. The molecular weight excluding hydrogens is 355 g/mol. The number of benzene rings is 2. The van der Waals surface area contributed by atoms with Crippen LogP contribution in [0.2, 0.25) is 0 Å². The van der Waals surface area contributed by atoms with Gasteiger partial charge in [0, 0.05) is 11.3 Å². The van der Waals surface area contributed by atoms with Gasteiger partial charge in [0.1, 0.15) is 17.6 Å². The lowest BCUT2D eigenvalue weighted by atomic mass is 9.77. The summed E-state index contributed by atoms with van der Waals surface area (Å²) in [5.41, 5.74) is 0.478. The second-order valence-electron chi connectivity index (χ2n) is 7.25. The molecule has 1 aliphatic carbocycles. The van der Waals surface area contributed by atoms with E-state index in [9.17, 15) is 14.4 Å². The predicted molar refractivity (Wildman–Crippen MR) is 107 cm³/mol. The van der Waals surface area contributed by atoms with Gasteiger partial charge in [0.25, 0.3) is 0 Å². The number of anilines is 1. The minimum Gasteiger partial charge on any atom is -0.492 e. The quantitative estimate of drug-likeness (QED) is 0.661. The molecule has 1 amide bonds. The Kier molecular flexibility index (Phi) is 6.30. The van der Waals surface area contributed by atoms with Gasteiger partial charge in [-0.2, -0.15) is 5.26 Å². The molecule has 5 heteroatoms. The van der Waals surface area contributed by atoms with Crippen LogP contribution in [0.5, 0.6) is 5.75 Å². The predicted octanol–water partition coefficient (Wildman–Crippen LogP) is 5.33. The van der Waals surface area contributed by atoms with E-state index in [2.05, 4.69) is 18.3 Å². The van der Waals surface area contributed by atoms with Gasteiger partial charge >= 0.3 is 0 Å². The fraction of sp³-hybridized carbons (Fsp3) is 0.391. The van der Waals surface area contributed by atoms with Gasteiger partial charge in [-0.25, -0.2) is 4.39 Å². The zero-order valence-electron chi connectivity index (χ0n) is 16.1. The van der Waals surface area contributed by atoms with Crippen LogP contribution < -0.4 is 10.1 Å². The van der Waals surface area contributed by atoms with E-state index in [1.165, 1.54) is 6.07 Å². The Morgan fingerprint density at radius 3 is 2.68 bits per heavy atom. The molecule has 1 N–H and O–H groups in total. The molecule has 4 nitrogen and oxygen atoms in total. The fourth-order valence-corrected chi connectivity index (χ4v) is 3.84. The Bertz CT molecular complexity index is 882. The van der Waals surface area contributed by atoms with Crippen LogP contribution in [0.4, 0.5) is 10.1 Å². The van der Waals surface area contributed by atoms with E-state index in [0.717, 1.165) is 25.7 Å². The highest BCUT2D eigenvalue weighted by molar-refractivity contribution is 5.99. The normalized spacial score (nSPS) is 15.0. The number of nitriles is 1. The maximum atomic E-state index is 14.5. The fourth-order valence-electron chi connectivity index (χ4n) is 3.84. The number of halogens is 1. The van der Waals surface area contributed by atoms with Crippen molar-refractivity contribution in [2.75, 3.05) is 11.9 Å². The molecule has 0 radical (unpaired) electrons. The third-order valence-electron chi connectivity index (χ3n) is 5.39. The van der Waals surface area contributed by atoms with E-state index >= 15 is 0 Å². The molecule has 1 aliphatic rings. The Morgan fingerprint density at radius 2 is 2.00 bits per heavy atom. The van der Waals surface area contributed by atoms with E-state index in [4.69, 9.17) is 4.74 Å². The molecule has 28 heavy (non-hydrogen) atoms. The first kappa shape index (κ1) is 19.9. The molecule has 3 rings (SSSR count). The highest BCUT2D eigenvalue weighted by atomic mass is 19.1. The van der Waals surface area contributed by atoms with Crippen molar-refractivity contribution in [3.05, 3.63) is 59.4 Å². The molecule has 2 aromatic rings. The van der Waals surface area contributed by atoms with Gasteiger partial charge in [-0.3, -0.25) is 4.79 Å². The molecule has 0 unspecified atom stereocenters. The highest BCUT2D eigenvalue weighted by Gasteiger charge is 2.44. The average molecular weight is 380 g/mol. The Balaban J connectivity index is 1.83. The van der Waals surface area contributed by atoms with E-state index in [0.29, 0.717) is 42.0 Å². The maximum Gasteiger partial charge on any atom is 0.235 e. The average Bonchev–Trinajstić information content (AvgIpc) is 3.20. The number of amides is 1. The summed E-state index contributed by atoms with van der Waals surface area (Å²) >= 11 is 0. The maximum absolute atomic E-state index is 14.5. The monoisotopic (exact) mass is 380 g/mol. The summed E-state index contributed by atoms with van der Waals surface area (Å²) in [6, 6.07) is 13.7. The van der Waals surface area contributed by atoms with Gasteiger partial charge < -0.3 is 10.1 Å². The van der Waals surface area contributed by atoms with Crippen LogP contribution in [-0.2, 0) is 10.2 Å². The number of unbranched alkanes of at least 4 members (excludes halogenated alkanes) is 1. The van der Waals surface area contributed by atoms with Gasteiger partial charge in [0.15, 0.2) is 0 Å². The largest absolute Gasteiger partial charge is 0.492 e. The van der Waals surface area contributed by atoms with Crippen molar-refractivity contribution >= 4 is 11.6 Å². The van der Waals surface area contributed by atoms with Gasteiger partial charge in [-0.05, 0) is 43.5 Å². The number of hydrogen-bond acceptors (Lipinski definition) is 3. The molecule has 0 spiro atoms. The molecule has 2 aromatic carbocycles. The summed E-state index contributed by atoms with van der Waals surface area (Å²) < 4.78 is 20.1. The van der Waals surface area contributed by atoms with Crippen LogP contribution in [0.15, 0.2) is 42.5 Å². The molecular formula is C23H25FN2O2. The van der Waals surface area contributed by atoms with Crippen molar-refractivity contribution in [2.45, 2.75) is 50.9 Å². The summed E-state index contributed by atoms with van der Waals surface area (Å²) in [5, 5.41) is 12.3. The van der Waals surface area contributed by atoms with Crippen molar-refractivity contribution in [1.82, 2.24) is 0 Å². The van der Waals surface area contributed by atoms with Crippen LogP contribution >= 0.6 is 0 Å².